The Morgan fingerprint density at radius 3 is 2.60 bits per heavy atom. The van der Waals surface area contributed by atoms with Gasteiger partial charge in [0.05, 0.1) is 29.4 Å². The zero-order chi connectivity index (χ0) is 14.6. The van der Waals surface area contributed by atoms with E-state index in [0.717, 1.165) is 6.07 Å². The van der Waals surface area contributed by atoms with Crippen molar-refractivity contribution in [1.29, 1.82) is 5.26 Å². The van der Waals surface area contributed by atoms with Gasteiger partial charge in [0.15, 0.2) is 0 Å². The predicted octanol–water partition coefficient (Wildman–Crippen LogP) is 3.58. The molecule has 0 bridgehead atoms. The molecule has 0 saturated heterocycles. The molecule has 1 heterocycles. The highest BCUT2D eigenvalue weighted by Crippen LogP contribution is 2.35. The third-order valence-corrected chi connectivity index (χ3v) is 2.64. The molecule has 0 aliphatic heterocycles. The lowest BCUT2D eigenvalue weighted by Crippen LogP contribution is -2.11. The summed E-state index contributed by atoms with van der Waals surface area (Å²) in [6, 6.07) is 10.3. The smallest absolute Gasteiger partial charge is 0.379 e. The average Bonchev–Trinajstić information content (AvgIpc) is 2.45. The van der Waals surface area contributed by atoms with E-state index in [1.54, 1.807) is 30.5 Å². The quantitative estimate of drug-likeness (QED) is 0.932. The first-order valence-corrected chi connectivity index (χ1v) is 5.76. The summed E-state index contributed by atoms with van der Waals surface area (Å²) in [5.74, 6) is 0. The zero-order valence-corrected chi connectivity index (χ0v) is 10.3. The van der Waals surface area contributed by atoms with Crippen molar-refractivity contribution in [2.75, 3.05) is 5.32 Å². The molecule has 0 unspecified atom stereocenters. The van der Waals surface area contributed by atoms with Crippen molar-refractivity contribution in [3.8, 4) is 6.07 Å². The summed E-state index contributed by atoms with van der Waals surface area (Å²) in [4.78, 5) is 4.02. The molecule has 3 nitrogen and oxygen atoms in total. The van der Waals surface area contributed by atoms with Crippen LogP contribution in [-0.4, -0.2) is 4.98 Å². The number of hydrogen-bond acceptors (Lipinski definition) is 3. The summed E-state index contributed by atoms with van der Waals surface area (Å²) in [5, 5.41) is 11.4. The topological polar surface area (TPSA) is 48.7 Å². The van der Waals surface area contributed by atoms with Gasteiger partial charge in [-0.2, -0.15) is 18.4 Å². The molecule has 1 N–H and O–H groups in total. The maximum Gasteiger partial charge on any atom is 0.418 e. The number of alkyl halides is 3. The minimum atomic E-state index is -4.51. The van der Waals surface area contributed by atoms with Crippen molar-refractivity contribution in [1.82, 2.24) is 4.98 Å². The number of nitriles is 1. The van der Waals surface area contributed by atoms with Gasteiger partial charge in [-0.3, -0.25) is 4.98 Å². The highest BCUT2D eigenvalue weighted by atomic mass is 19.4. The molecule has 0 aliphatic rings. The Kier molecular flexibility index (Phi) is 3.89. The molecule has 0 atom stereocenters. The molecule has 0 saturated carbocycles. The monoisotopic (exact) mass is 277 g/mol. The van der Waals surface area contributed by atoms with Gasteiger partial charge in [-0.25, -0.2) is 0 Å². The normalized spacial score (nSPS) is 10.9. The van der Waals surface area contributed by atoms with Crippen LogP contribution in [0.4, 0.5) is 18.9 Å². The summed E-state index contributed by atoms with van der Waals surface area (Å²) in [6.45, 7) is 0.176. The Labute approximate surface area is 113 Å². The molecule has 20 heavy (non-hydrogen) atoms. The van der Waals surface area contributed by atoms with Gasteiger partial charge in [0.1, 0.15) is 0 Å². The highest BCUT2D eigenvalue weighted by Gasteiger charge is 2.33. The number of benzene rings is 1. The molecule has 2 aromatic rings. The molecule has 0 spiro atoms. The molecular formula is C14H10F3N3. The lowest BCUT2D eigenvalue weighted by molar-refractivity contribution is -0.137. The first-order valence-electron chi connectivity index (χ1n) is 5.76. The van der Waals surface area contributed by atoms with Gasteiger partial charge in [0, 0.05) is 11.9 Å². The minimum Gasteiger partial charge on any atom is -0.379 e. The average molecular weight is 277 g/mol. The van der Waals surface area contributed by atoms with Gasteiger partial charge in [0.25, 0.3) is 0 Å². The third kappa shape index (κ3) is 3.26. The number of nitrogens with zero attached hydrogens (tertiary/aromatic N) is 2. The largest absolute Gasteiger partial charge is 0.418 e. The number of nitrogens with one attached hydrogen (secondary N) is 1. The molecule has 102 valence electrons. The molecule has 1 aromatic heterocycles. The van der Waals surface area contributed by atoms with E-state index in [1.165, 1.54) is 12.1 Å². The fraction of sp³-hybridized carbons (Fsp3) is 0.143. The van der Waals surface area contributed by atoms with Crippen molar-refractivity contribution < 1.29 is 13.2 Å². The second kappa shape index (κ2) is 5.61. The van der Waals surface area contributed by atoms with E-state index in [0.29, 0.717) is 5.69 Å². The number of hydrogen-bond donors (Lipinski definition) is 1. The van der Waals surface area contributed by atoms with Gasteiger partial charge in [-0.1, -0.05) is 6.07 Å². The summed E-state index contributed by atoms with van der Waals surface area (Å²) in [5.41, 5.74) is -0.319. The molecular weight excluding hydrogens is 267 g/mol. The Morgan fingerprint density at radius 1 is 1.20 bits per heavy atom. The Hall–Kier alpha value is -2.55. The van der Waals surface area contributed by atoms with E-state index in [2.05, 4.69) is 10.3 Å². The van der Waals surface area contributed by atoms with Crippen LogP contribution in [0.1, 0.15) is 16.8 Å². The molecule has 0 aliphatic carbocycles. The van der Waals surface area contributed by atoms with Crippen LogP contribution < -0.4 is 5.32 Å². The maximum atomic E-state index is 12.9. The van der Waals surface area contributed by atoms with Crippen LogP contribution in [0.2, 0.25) is 0 Å². The van der Waals surface area contributed by atoms with Crippen molar-refractivity contribution in [3.05, 3.63) is 59.4 Å². The van der Waals surface area contributed by atoms with Crippen LogP contribution in [0.25, 0.3) is 0 Å². The third-order valence-electron chi connectivity index (χ3n) is 2.64. The molecule has 0 fully saturated rings. The van der Waals surface area contributed by atoms with E-state index in [9.17, 15) is 13.2 Å². The van der Waals surface area contributed by atoms with Crippen molar-refractivity contribution in [2.45, 2.75) is 12.7 Å². The van der Waals surface area contributed by atoms with Gasteiger partial charge in [-0.05, 0) is 30.3 Å². The summed E-state index contributed by atoms with van der Waals surface area (Å²) in [7, 11) is 0. The first-order chi connectivity index (χ1) is 9.50. The predicted molar refractivity (Wildman–Crippen MR) is 67.7 cm³/mol. The van der Waals surface area contributed by atoms with Crippen molar-refractivity contribution in [2.24, 2.45) is 0 Å². The number of pyridine rings is 1. The maximum absolute atomic E-state index is 12.9. The summed E-state index contributed by atoms with van der Waals surface area (Å²) in [6.07, 6.45) is -2.94. The van der Waals surface area contributed by atoms with E-state index in [4.69, 9.17) is 5.26 Å². The molecule has 0 amide bonds. The van der Waals surface area contributed by atoms with Gasteiger partial charge >= 0.3 is 6.18 Å². The number of anilines is 1. The highest BCUT2D eigenvalue weighted by molar-refractivity contribution is 5.56. The fourth-order valence-electron chi connectivity index (χ4n) is 1.69. The van der Waals surface area contributed by atoms with Crippen LogP contribution >= 0.6 is 0 Å². The van der Waals surface area contributed by atoms with Crippen LogP contribution in [0.3, 0.4) is 0 Å². The van der Waals surface area contributed by atoms with E-state index >= 15 is 0 Å². The SMILES string of the molecule is N#Cc1ccc(NCc2ccccn2)c(C(F)(F)F)c1. The first kappa shape index (κ1) is 13.9. The minimum absolute atomic E-state index is 0.0271. The van der Waals surface area contributed by atoms with E-state index in [1.807, 2.05) is 0 Å². The summed E-state index contributed by atoms with van der Waals surface area (Å²) < 4.78 is 38.8. The van der Waals surface area contributed by atoms with E-state index in [-0.39, 0.29) is 17.8 Å². The number of halogens is 3. The van der Waals surface area contributed by atoms with Crippen LogP contribution in [0, 0.1) is 11.3 Å². The van der Waals surface area contributed by atoms with Crippen LogP contribution in [0.15, 0.2) is 42.6 Å². The fourth-order valence-corrected chi connectivity index (χ4v) is 1.69. The second-order valence-corrected chi connectivity index (χ2v) is 4.04. The van der Waals surface area contributed by atoms with Gasteiger partial charge in [0.2, 0.25) is 0 Å². The van der Waals surface area contributed by atoms with Gasteiger partial charge < -0.3 is 5.32 Å². The molecule has 1 aromatic carbocycles. The standard InChI is InChI=1S/C14H10F3N3/c15-14(16,17)12-7-10(8-18)4-5-13(12)20-9-11-3-1-2-6-19-11/h1-7,20H,9H2. The lowest BCUT2D eigenvalue weighted by Gasteiger charge is -2.14. The lowest BCUT2D eigenvalue weighted by atomic mass is 10.1. The van der Waals surface area contributed by atoms with Crippen molar-refractivity contribution >= 4 is 5.69 Å². The second-order valence-electron chi connectivity index (χ2n) is 4.04. The van der Waals surface area contributed by atoms with Crippen molar-refractivity contribution in [3.63, 3.8) is 0 Å². The number of rotatable bonds is 3. The molecule has 6 heteroatoms. The Morgan fingerprint density at radius 2 is 2.00 bits per heavy atom. The zero-order valence-electron chi connectivity index (χ0n) is 10.3. The molecule has 2 rings (SSSR count). The Bertz CT molecular complexity index is 630. The van der Waals surface area contributed by atoms with Crippen LogP contribution in [-0.2, 0) is 12.7 Å². The Balaban J connectivity index is 2.25. The van der Waals surface area contributed by atoms with Gasteiger partial charge in [-0.15, -0.1) is 0 Å². The van der Waals surface area contributed by atoms with Crippen LogP contribution in [0.5, 0.6) is 0 Å². The van der Waals surface area contributed by atoms with E-state index < -0.39 is 11.7 Å². The number of aromatic nitrogens is 1. The summed E-state index contributed by atoms with van der Waals surface area (Å²) >= 11 is 0. The molecule has 0 radical (unpaired) electrons.